The first-order valence-electron chi connectivity index (χ1n) is 5.99. The van der Waals surface area contributed by atoms with Crippen LogP contribution < -0.4 is 0 Å². The zero-order valence-electron chi connectivity index (χ0n) is 9.95. The Morgan fingerprint density at radius 2 is 2.00 bits per heavy atom. The van der Waals surface area contributed by atoms with Gasteiger partial charge in [-0.15, -0.1) is 0 Å². The highest BCUT2D eigenvalue weighted by atomic mass is 16.6. The number of rotatable bonds is 1. The van der Waals surface area contributed by atoms with Crippen molar-refractivity contribution in [2.45, 2.75) is 51.7 Å². The summed E-state index contributed by atoms with van der Waals surface area (Å²) in [7, 11) is 0. The maximum absolute atomic E-state index is 11.4. The van der Waals surface area contributed by atoms with Crippen molar-refractivity contribution in [1.29, 1.82) is 0 Å². The third-order valence-electron chi connectivity index (χ3n) is 3.84. The van der Waals surface area contributed by atoms with Gasteiger partial charge in [-0.2, -0.15) is 0 Å². The van der Waals surface area contributed by atoms with Crippen molar-refractivity contribution < 1.29 is 9.53 Å². The van der Waals surface area contributed by atoms with Gasteiger partial charge in [-0.25, -0.2) is 0 Å². The number of hydrogen-bond acceptors (Lipinski definition) is 3. The van der Waals surface area contributed by atoms with Crippen LogP contribution in [0.3, 0.4) is 0 Å². The highest BCUT2D eigenvalue weighted by molar-refractivity contribution is 5.74. The topological polar surface area (TPSA) is 29.5 Å². The number of nitrogens with zero attached hydrogens (tertiary/aromatic N) is 1. The largest absolute Gasteiger partial charge is 0.459 e. The van der Waals surface area contributed by atoms with E-state index in [2.05, 4.69) is 18.7 Å². The van der Waals surface area contributed by atoms with Crippen LogP contribution in [0, 0.1) is 5.92 Å². The van der Waals surface area contributed by atoms with E-state index < -0.39 is 0 Å². The van der Waals surface area contributed by atoms with Crippen molar-refractivity contribution in [3.05, 3.63) is 0 Å². The number of likely N-dealkylation sites (tertiary alicyclic amines) is 1. The second-order valence-corrected chi connectivity index (χ2v) is 5.34. The standard InChI is InChI=1S/C12H21NO2/c1-9(2)13-6-4-12(5-7-13)8-10(3)11(14)15-12/h9-10H,4-8H2,1-3H3. The molecule has 3 heteroatoms. The Balaban J connectivity index is 1.96. The first kappa shape index (κ1) is 10.9. The van der Waals surface area contributed by atoms with Crippen LogP contribution in [-0.4, -0.2) is 35.6 Å². The molecular weight excluding hydrogens is 190 g/mol. The van der Waals surface area contributed by atoms with Crippen LogP contribution >= 0.6 is 0 Å². The maximum Gasteiger partial charge on any atom is 0.309 e. The molecule has 0 aromatic carbocycles. The Labute approximate surface area is 91.8 Å². The summed E-state index contributed by atoms with van der Waals surface area (Å²) in [5.41, 5.74) is -0.109. The fraction of sp³-hybridized carbons (Fsp3) is 0.917. The molecule has 2 aliphatic rings. The van der Waals surface area contributed by atoms with Gasteiger partial charge in [-0.3, -0.25) is 4.79 Å². The number of carbonyl (C=O) groups is 1. The van der Waals surface area contributed by atoms with E-state index in [9.17, 15) is 4.79 Å². The number of esters is 1. The van der Waals surface area contributed by atoms with E-state index >= 15 is 0 Å². The van der Waals surface area contributed by atoms with E-state index in [-0.39, 0.29) is 17.5 Å². The maximum atomic E-state index is 11.4. The highest BCUT2D eigenvalue weighted by Crippen LogP contribution is 2.39. The molecule has 2 rings (SSSR count). The van der Waals surface area contributed by atoms with Gasteiger partial charge in [0.05, 0.1) is 5.92 Å². The molecule has 0 aromatic rings. The van der Waals surface area contributed by atoms with Gasteiger partial charge in [0.2, 0.25) is 0 Å². The Bertz CT molecular complexity index is 254. The number of carbonyl (C=O) groups excluding carboxylic acids is 1. The van der Waals surface area contributed by atoms with Gasteiger partial charge in [0.1, 0.15) is 5.60 Å². The second-order valence-electron chi connectivity index (χ2n) is 5.34. The minimum absolute atomic E-state index is 0.00740. The smallest absolute Gasteiger partial charge is 0.309 e. The van der Waals surface area contributed by atoms with Gasteiger partial charge in [-0.05, 0) is 13.8 Å². The van der Waals surface area contributed by atoms with Crippen molar-refractivity contribution in [3.8, 4) is 0 Å². The normalized spacial score (nSPS) is 31.2. The van der Waals surface area contributed by atoms with Gasteiger partial charge < -0.3 is 9.64 Å². The first-order valence-corrected chi connectivity index (χ1v) is 5.99. The summed E-state index contributed by atoms with van der Waals surface area (Å²) >= 11 is 0. The Hall–Kier alpha value is -0.570. The third kappa shape index (κ3) is 2.03. The van der Waals surface area contributed by atoms with Gasteiger partial charge in [-0.1, -0.05) is 6.92 Å². The quantitative estimate of drug-likeness (QED) is 0.620. The van der Waals surface area contributed by atoms with Crippen LogP contribution in [0.25, 0.3) is 0 Å². The molecule has 1 unspecified atom stereocenters. The van der Waals surface area contributed by atoms with Crippen LogP contribution in [0.1, 0.15) is 40.0 Å². The SMILES string of the molecule is CC1CC2(CCN(C(C)C)CC2)OC1=O. The minimum atomic E-state index is -0.109. The fourth-order valence-electron chi connectivity index (χ4n) is 2.75. The minimum Gasteiger partial charge on any atom is -0.459 e. The summed E-state index contributed by atoms with van der Waals surface area (Å²) in [4.78, 5) is 13.9. The van der Waals surface area contributed by atoms with E-state index in [1.165, 1.54) is 0 Å². The van der Waals surface area contributed by atoms with Crippen molar-refractivity contribution >= 4 is 5.97 Å². The van der Waals surface area contributed by atoms with Crippen molar-refractivity contribution in [3.63, 3.8) is 0 Å². The molecule has 3 nitrogen and oxygen atoms in total. The molecule has 2 heterocycles. The van der Waals surface area contributed by atoms with E-state index in [0.717, 1.165) is 32.4 Å². The lowest BCUT2D eigenvalue weighted by Gasteiger charge is -2.39. The molecule has 0 bridgehead atoms. The first-order chi connectivity index (χ1) is 7.02. The molecular formula is C12H21NO2. The molecule has 1 spiro atoms. The van der Waals surface area contributed by atoms with Crippen molar-refractivity contribution in [2.24, 2.45) is 5.92 Å². The molecule has 0 radical (unpaired) electrons. The van der Waals surface area contributed by atoms with Crippen LogP contribution in [0.2, 0.25) is 0 Å². The molecule has 2 fully saturated rings. The van der Waals surface area contributed by atoms with Gasteiger partial charge in [0.15, 0.2) is 0 Å². The van der Waals surface area contributed by atoms with Crippen molar-refractivity contribution in [2.75, 3.05) is 13.1 Å². The van der Waals surface area contributed by atoms with E-state index in [4.69, 9.17) is 4.74 Å². The lowest BCUT2D eigenvalue weighted by atomic mass is 9.85. The van der Waals surface area contributed by atoms with Gasteiger partial charge in [0, 0.05) is 38.4 Å². The number of ether oxygens (including phenoxy) is 1. The summed E-state index contributed by atoms with van der Waals surface area (Å²) in [5, 5.41) is 0. The van der Waals surface area contributed by atoms with Crippen LogP contribution in [0.5, 0.6) is 0 Å². The lowest BCUT2D eigenvalue weighted by Crippen LogP contribution is -2.46. The molecule has 86 valence electrons. The highest BCUT2D eigenvalue weighted by Gasteiger charge is 2.46. The predicted molar refractivity (Wildman–Crippen MR) is 58.5 cm³/mol. The molecule has 1 atom stereocenters. The van der Waals surface area contributed by atoms with Crippen LogP contribution in [-0.2, 0) is 9.53 Å². The zero-order valence-corrected chi connectivity index (χ0v) is 9.95. The van der Waals surface area contributed by atoms with Crippen LogP contribution in [0.4, 0.5) is 0 Å². The van der Waals surface area contributed by atoms with E-state index in [0.29, 0.717) is 6.04 Å². The molecule has 0 aliphatic carbocycles. The Morgan fingerprint density at radius 1 is 1.40 bits per heavy atom. The molecule has 15 heavy (non-hydrogen) atoms. The summed E-state index contributed by atoms with van der Waals surface area (Å²) < 4.78 is 5.56. The Morgan fingerprint density at radius 3 is 2.40 bits per heavy atom. The van der Waals surface area contributed by atoms with Crippen molar-refractivity contribution in [1.82, 2.24) is 4.90 Å². The van der Waals surface area contributed by atoms with E-state index in [1.807, 2.05) is 6.92 Å². The number of piperidine rings is 1. The fourth-order valence-corrected chi connectivity index (χ4v) is 2.75. The Kier molecular flexibility index (Phi) is 2.75. The summed E-state index contributed by atoms with van der Waals surface area (Å²) in [5.74, 6) is 0.114. The van der Waals surface area contributed by atoms with Gasteiger partial charge in [0.25, 0.3) is 0 Å². The zero-order chi connectivity index (χ0) is 11.1. The average Bonchev–Trinajstić information content (AvgIpc) is 2.43. The molecule has 2 saturated heterocycles. The monoisotopic (exact) mass is 211 g/mol. The van der Waals surface area contributed by atoms with Gasteiger partial charge >= 0.3 is 5.97 Å². The molecule has 0 N–H and O–H groups in total. The van der Waals surface area contributed by atoms with E-state index in [1.54, 1.807) is 0 Å². The van der Waals surface area contributed by atoms with Crippen LogP contribution in [0.15, 0.2) is 0 Å². The summed E-state index contributed by atoms with van der Waals surface area (Å²) in [6.07, 6.45) is 2.96. The average molecular weight is 211 g/mol. The molecule has 0 aromatic heterocycles. The summed E-state index contributed by atoms with van der Waals surface area (Å²) in [6, 6.07) is 0.608. The third-order valence-corrected chi connectivity index (χ3v) is 3.84. The second kappa shape index (κ2) is 3.78. The molecule has 2 aliphatic heterocycles. The predicted octanol–water partition coefficient (Wildman–Crippen LogP) is 1.81. The number of hydrogen-bond donors (Lipinski definition) is 0. The molecule has 0 saturated carbocycles. The molecule has 0 amide bonds. The lowest BCUT2D eigenvalue weighted by molar-refractivity contribution is -0.153. The summed E-state index contributed by atoms with van der Waals surface area (Å²) in [6.45, 7) is 8.56.